The number of rotatable bonds is 6. The number of imidazole rings is 1. The zero-order valence-corrected chi connectivity index (χ0v) is 12.4. The molecule has 0 radical (unpaired) electrons. The van der Waals surface area contributed by atoms with E-state index in [9.17, 15) is 9.18 Å². The minimum atomic E-state index is -0.306. The van der Waals surface area contributed by atoms with Gasteiger partial charge in [0.05, 0.1) is 11.0 Å². The first-order valence-electron chi connectivity index (χ1n) is 7.29. The smallest absolute Gasteiger partial charge is 0.257 e. The molecule has 5 nitrogen and oxygen atoms in total. The molecule has 0 aliphatic rings. The van der Waals surface area contributed by atoms with Crippen LogP contribution in [0, 0.1) is 5.82 Å². The lowest BCUT2D eigenvalue weighted by molar-refractivity contribution is -0.123. The van der Waals surface area contributed by atoms with Crippen molar-refractivity contribution in [3.05, 3.63) is 60.2 Å². The van der Waals surface area contributed by atoms with Crippen LogP contribution in [0.25, 0.3) is 11.0 Å². The third-order valence-corrected chi connectivity index (χ3v) is 3.29. The summed E-state index contributed by atoms with van der Waals surface area (Å²) < 4.78 is 18.5. The van der Waals surface area contributed by atoms with Crippen LogP contribution in [0.3, 0.4) is 0 Å². The van der Waals surface area contributed by atoms with Crippen molar-refractivity contribution in [3.8, 4) is 5.75 Å². The van der Waals surface area contributed by atoms with Crippen LogP contribution in [0.15, 0.2) is 48.5 Å². The zero-order chi connectivity index (χ0) is 16.1. The molecule has 1 amide bonds. The number of amides is 1. The second kappa shape index (κ2) is 6.91. The third-order valence-electron chi connectivity index (χ3n) is 3.29. The Balaban J connectivity index is 1.45. The normalized spacial score (nSPS) is 10.7. The van der Waals surface area contributed by atoms with Gasteiger partial charge in [-0.3, -0.25) is 4.79 Å². The summed E-state index contributed by atoms with van der Waals surface area (Å²) in [7, 11) is 0. The van der Waals surface area contributed by atoms with Crippen LogP contribution in [0.5, 0.6) is 5.75 Å². The molecule has 3 rings (SSSR count). The Bertz CT molecular complexity index is 802. The first kappa shape index (κ1) is 15.0. The molecule has 23 heavy (non-hydrogen) atoms. The maximum absolute atomic E-state index is 13.1. The van der Waals surface area contributed by atoms with E-state index in [0.717, 1.165) is 0 Å². The lowest BCUT2D eigenvalue weighted by atomic mass is 10.3. The molecule has 6 heteroatoms. The minimum absolute atomic E-state index is 0.0324. The Hall–Kier alpha value is -2.89. The molecule has 3 aromatic rings. The Morgan fingerprint density at radius 1 is 1.22 bits per heavy atom. The zero-order valence-electron chi connectivity index (χ0n) is 12.4. The number of carbonyl (C=O) groups excluding carboxylic acids is 1. The maximum atomic E-state index is 13.1. The van der Waals surface area contributed by atoms with Crippen LogP contribution in [0.4, 0.5) is 4.39 Å². The van der Waals surface area contributed by atoms with Crippen LogP contribution in [-0.2, 0) is 11.2 Å². The highest BCUT2D eigenvalue weighted by Crippen LogP contribution is 2.13. The molecule has 0 saturated heterocycles. The van der Waals surface area contributed by atoms with Crippen molar-refractivity contribution in [1.29, 1.82) is 0 Å². The Morgan fingerprint density at radius 2 is 2.04 bits per heavy atom. The van der Waals surface area contributed by atoms with Gasteiger partial charge in [-0.05, 0) is 30.3 Å². The Labute approximate surface area is 132 Å². The number of ether oxygens (including phenoxy) is 1. The third kappa shape index (κ3) is 4.06. The van der Waals surface area contributed by atoms with Crippen LogP contribution in [0.1, 0.15) is 5.82 Å². The van der Waals surface area contributed by atoms with Gasteiger partial charge < -0.3 is 15.0 Å². The number of nitrogens with one attached hydrogen (secondary N) is 2. The second-order valence-corrected chi connectivity index (χ2v) is 5.05. The van der Waals surface area contributed by atoms with E-state index in [0.29, 0.717) is 35.6 Å². The van der Waals surface area contributed by atoms with E-state index in [1.165, 1.54) is 12.1 Å². The summed E-state index contributed by atoms with van der Waals surface area (Å²) in [6.45, 7) is 0.397. The number of aromatic nitrogens is 2. The summed E-state index contributed by atoms with van der Waals surface area (Å²) in [6.07, 6.45) is 0.535. The van der Waals surface area contributed by atoms with Crippen molar-refractivity contribution in [3.63, 3.8) is 0 Å². The molecule has 0 spiro atoms. The number of hydrogen-bond donors (Lipinski definition) is 2. The van der Waals surface area contributed by atoms with Gasteiger partial charge >= 0.3 is 0 Å². The van der Waals surface area contributed by atoms with Gasteiger partial charge in [-0.25, -0.2) is 9.37 Å². The number of hydrogen-bond acceptors (Lipinski definition) is 3. The van der Waals surface area contributed by atoms with Gasteiger partial charge in [-0.15, -0.1) is 0 Å². The van der Waals surface area contributed by atoms with Crippen LogP contribution in [-0.4, -0.2) is 29.0 Å². The summed E-state index contributed by atoms with van der Waals surface area (Å²) in [5.41, 5.74) is 1.36. The van der Waals surface area contributed by atoms with Gasteiger partial charge in [0.25, 0.3) is 5.91 Å². The average molecular weight is 313 g/mol. The Kier molecular flexibility index (Phi) is 4.52. The number of H-pyrrole nitrogens is 1. The van der Waals surface area contributed by atoms with Crippen LogP contribution >= 0.6 is 0 Å². The summed E-state index contributed by atoms with van der Waals surface area (Å²) in [6, 6.07) is 13.5. The number of benzene rings is 2. The number of para-hydroxylation sites is 1. The summed E-state index contributed by atoms with van der Waals surface area (Å²) in [5, 5.41) is 2.76. The lowest BCUT2D eigenvalue weighted by Crippen LogP contribution is -2.30. The topological polar surface area (TPSA) is 67.0 Å². The van der Waals surface area contributed by atoms with Gasteiger partial charge in [0.15, 0.2) is 6.61 Å². The second-order valence-electron chi connectivity index (χ2n) is 5.05. The average Bonchev–Trinajstić information content (AvgIpc) is 2.95. The molecule has 1 aromatic heterocycles. The quantitative estimate of drug-likeness (QED) is 0.734. The molecule has 118 valence electrons. The molecular weight excluding hydrogens is 297 g/mol. The van der Waals surface area contributed by atoms with Crippen molar-refractivity contribution < 1.29 is 13.9 Å². The molecule has 0 unspecified atom stereocenters. The van der Waals surface area contributed by atoms with Crippen LogP contribution in [0.2, 0.25) is 0 Å². The van der Waals surface area contributed by atoms with Gasteiger partial charge in [0, 0.05) is 13.0 Å². The standard InChI is InChI=1S/C17H16FN3O2/c18-12-6-7-14-15(10-12)21-16(20-14)8-9-19-17(22)11-23-13-4-2-1-3-5-13/h1-7,10H,8-9,11H2,(H,19,22)(H,20,21). The van der Waals surface area contributed by atoms with Crippen molar-refractivity contribution >= 4 is 16.9 Å². The highest BCUT2D eigenvalue weighted by molar-refractivity contribution is 5.77. The molecule has 1 heterocycles. The Morgan fingerprint density at radius 3 is 2.87 bits per heavy atom. The number of fused-ring (bicyclic) bond motifs is 1. The summed E-state index contributed by atoms with van der Waals surface area (Å²) >= 11 is 0. The molecule has 0 atom stereocenters. The molecule has 2 aromatic carbocycles. The fraction of sp³-hybridized carbons (Fsp3) is 0.176. The SMILES string of the molecule is O=C(COc1ccccc1)NCCc1nc2ccc(F)cc2[nH]1. The summed E-state index contributed by atoms with van der Waals surface area (Å²) in [5.74, 6) is 0.854. The first-order valence-corrected chi connectivity index (χ1v) is 7.29. The monoisotopic (exact) mass is 313 g/mol. The van der Waals surface area contributed by atoms with E-state index in [-0.39, 0.29) is 18.3 Å². The van der Waals surface area contributed by atoms with Crippen molar-refractivity contribution in [2.24, 2.45) is 0 Å². The highest BCUT2D eigenvalue weighted by atomic mass is 19.1. The maximum Gasteiger partial charge on any atom is 0.257 e. The molecule has 0 bridgehead atoms. The van der Waals surface area contributed by atoms with Gasteiger partial charge in [0.2, 0.25) is 0 Å². The first-order chi connectivity index (χ1) is 11.2. The van der Waals surface area contributed by atoms with Crippen molar-refractivity contribution in [2.45, 2.75) is 6.42 Å². The number of nitrogens with zero attached hydrogens (tertiary/aromatic N) is 1. The van der Waals surface area contributed by atoms with Crippen molar-refractivity contribution in [2.75, 3.05) is 13.2 Å². The van der Waals surface area contributed by atoms with Crippen LogP contribution < -0.4 is 10.1 Å². The molecule has 2 N–H and O–H groups in total. The van der Waals surface area contributed by atoms with E-state index >= 15 is 0 Å². The molecule has 0 aliphatic carbocycles. The molecule has 0 aliphatic heterocycles. The van der Waals surface area contributed by atoms with E-state index in [2.05, 4.69) is 15.3 Å². The van der Waals surface area contributed by atoms with Gasteiger partial charge in [-0.2, -0.15) is 0 Å². The van der Waals surface area contributed by atoms with Gasteiger partial charge in [-0.1, -0.05) is 18.2 Å². The van der Waals surface area contributed by atoms with Crippen molar-refractivity contribution in [1.82, 2.24) is 15.3 Å². The fourth-order valence-electron chi connectivity index (χ4n) is 2.19. The van der Waals surface area contributed by atoms with E-state index in [4.69, 9.17) is 4.74 Å². The fourth-order valence-corrected chi connectivity index (χ4v) is 2.19. The predicted molar refractivity (Wildman–Crippen MR) is 84.7 cm³/mol. The van der Waals surface area contributed by atoms with Gasteiger partial charge in [0.1, 0.15) is 17.4 Å². The van der Waals surface area contributed by atoms with E-state index in [1.807, 2.05) is 18.2 Å². The summed E-state index contributed by atoms with van der Waals surface area (Å²) in [4.78, 5) is 19.1. The number of carbonyl (C=O) groups is 1. The van der Waals surface area contributed by atoms with E-state index < -0.39 is 0 Å². The minimum Gasteiger partial charge on any atom is -0.484 e. The molecular formula is C17H16FN3O2. The lowest BCUT2D eigenvalue weighted by Gasteiger charge is -2.06. The number of aromatic amines is 1. The highest BCUT2D eigenvalue weighted by Gasteiger charge is 2.06. The van der Waals surface area contributed by atoms with E-state index in [1.54, 1.807) is 18.2 Å². The predicted octanol–water partition coefficient (Wildman–Crippen LogP) is 2.44. The largest absolute Gasteiger partial charge is 0.484 e. The number of halogens is 1. The molecule has 0 saturated carbocycles. The molecule has 0 fully saturated rings.